The second-order valence-electron chi connectivity index (χ2n) is 14.5. The van der Waals surface area contributed by atoms with Crippen LogP contribution < -0.4 is 174 Å². The molecule has 7 aromatic rings. The van der Waals surface area contributed by atoms with Gasteiger partial charge in [0.25, 0.3) is 0 Å². The van der Waals surface area contributed by atoms with E-state index in [1.165, 1.54) is 0 Å². The maximum absolute atomic E-state index is 10.3. The molecule has 2 aliphatic heterocycles. The minimum absolute atomic E-state index is 0. The molecular weight excluding hydrogens is 1260 g/mol. The molecule has 0 amide bonds. The Morgan fingerprint density at radius 3 is 1.00 bits per heavy atom. The molecule has 4 aromatic carbocycles. The van der Waals surface area contributed by atoms with Crippen LogP contribution in [0.1, 0.15) is 0 Å². The smallest absolute Gasteiger partial charge is 0.748 e. The fourth-order valence-corrected chi connectivity index (χ4v) is 8.44. The van der Waals surface area contributed by atoms with Gasteiger partial charge in [0.05, 0.1) is 67.6 Å². The molecule has 0 unspecified atom stereocenters. The average Bonchev–Trinajstić information content (AvgIpc) is 4.04. The molecule has 77 heavy (non-hydrogen) atoms. The SMILES string of the molecule is CS(=O)(=O)NCCS(=O)(=O)[O-].CS(=O)(=O)NCCS(=O)(=O)[O-].O=S(=O)=O.[CH2-]CN(O)OSC.[Cu+2].[K+].[K+].[K+].c1ccc2c(c1)-c1nc-2nc2[n-]c(nc3nc(nc4[n-]c(n1)c1ccccc41)-c1ccccc1-3)c1ccccc21. The number of hydroxylamine groups is 2. The molecule has 0 saturated heterocycles. The Hall–Kier alpha value is -0.841. The van der Waals surface area contributed by atoms with E-state index in [0.29, 0.717) is 51.1 Å². The van der Waals surface area contributed by atoms with Crippen molar-refractivity contribution in [2.75, 3.05) is 49.9 Å². The Morgan fingerprint density at radius 1 is 0.558 bits per heavy atom. The summed E-state index contributed by atoms with van der Waals surface area (Å²) in [6.45, 7) is 2.84. The summed E-state index contributed by atoms with van der Waals surface area (Å²) in [4.78, 5) is 39.3. The van der Waals surface area contributed by atoms with E-state index in [2.05, 4.69) is 11.2 Å². The Labute approximate surface area is 586 Å². The van der Waals surface area contributed by atoms with Gasteiger partial charge >= 0.3 is 182 Å². The first-order valence-electron chi connectivity index (χ1n) is 20.3. The Morgan fingerprint density at radius 2 is 0.805 bits per heavy atom. The van der Waals surface area contributed by atoms with Crippen LogP contribution in [0.15, 0.2) is 97.1 Å². The molecule has 2 aliphatic rings. The fourth-order valence-electron chi connectivity index (χ4n) is 6.29. The molecule has 3 aromatic heterocycles. The van der Waals surface area contributed by atoms with E-state index in [1.807, 2.05) is 107 Å². The molecular formula is C41H40CuK3N11O15S6. The van der Waals surface area contributed by atoms with Crippen LogP contribution in [0.3, 0.4) is 0 Å². The predicted molar refractivity (Wildman–Crippen MR) is 267 cm³/mol. The van der Waals surface area contributed by atoms with E-state index >= 15 is 0 Å². The van der Waals surface area contributed by atoms with Gasteiger partial charge in [-0.3, -0.25) is 5.21 Å². The standard InChI is InChI=1S/C32H16N8.2C3H9NO5S2.C3H8NO2S.Cu.3K.O3S/c1-2-10-18-17(9-1)25-33-26(18)38-28-21-13-5-6-14-22(21)30(35-28)40-32-24-16-8-7-15-23(24)31(36-32)39-29-20-12-4-3-11-19(20)27(34-29)37-25;2*1-10(5,6)4-2-3-11(7,8)9;1-3-4(5)6-7-2;;;;;1-4(2)3/h1-16H;2*4H,2-3H2,1H3,(H,7,8,9);5H,1,3H2,2H3;;;;;/q-2;;;-1;+2;3*+1;/p-2. The fraction of sp³-hybridized carbons (Fsp3) is 0.195. The summed E-state index contributed by atoms with van der Waals surface area (Å²) in [5, 5.41) is 12.6. The van der Waals surface area contributed by atoms with Crippen LogP contribution in [0, 0.1) is 6.92 Å². The molecule has 0 saturated carbocycles. The van der Waals surface area contributed by atoms with Gasteiger partial charge in [0.15, 0.2) is 0 Å². The molecule has 0 fully saturated rings. The van der Waals surface area contributed by atoms with Gasteiger partial charge in [-0.1, -0.05) is 109 Å². The minimum Gasteiger partial charge on any atom is -0.748 e. The third-order valence-corrected chi connectivity index (χ3v) is 12.3. The summed E-state index contributed by atoms with van der Waals surface area (Å²) >= 11 is 1.07. The number of rotatable bonds is 11. The molecule has 5 heterocycles. The summed E-state index contributed by atoms with van der Waals surface area (Å²) < 4.78 is 134. The Bertz CT molecular complexity index is 3450. The van der Waals surface area contributed by atoms with Crippen molar-refractivity contribution in [3.8, 4) is 45.6 Å². The predicted octanol–water partition coefficient (Wildman–Crippen LogP) is -6.98. The van der Waals surface area contributed by atoms with E-state index < -0.39 is 62.4 Å². The van der Waals surface area contributed by atoms with Gasteiger partial charge in [0.1, 0.15) is 0 Å². The molecule has 26 nitrogen and oxygen atoms in total. The maximum atomic E-state index is 10.3. The van der Waals surface area contributed by atoms with E-state index in [-0.39, 0.29) is 191 Å². The summed E-state index contributed by atoms with van der Waals surface area (Å²) in [7, 11) is -18.6. The molecule has 9 rings (SSSR count). The van der Waals surface area contributed by atoms with Crippen LogP contribution in [0.4, 0.5) is 0 Å². The van der Waals surface area contributed by atoms with Gasteiger partial charge in [-0.2, -0.15) is 0 Å². The van der Waals surface area contributed by atoms with E-state index in [1.54, 1.807) is 6.26 Å². The number of hydrogen-bond acceptors (Lipinski definition) is 23. The molecule has 0 aliphatic carbocycles. The quantitative estimate of drug-likeness (QED) is 0.0356. The van der Waals surface area contributed by atoms with Crippen molar-refractivity contribution in [3.05, 3.63) is 104 Å². The first-order chi connectivity index (χ1) is 34.3. The number of fused-ring (bicyclic) bond motifs is 20. The molecule has 0 spiro atoms. The molecule has 3 N–H and O–H groups in total. The van der Waals surface area contributed by atoms with Crippen LogP contribution in [-0.4, -0.2) is 146 Å². The summed E-state index contributed by atoms with van der Waals surface area (Å²) in [5.41, 5.74) is 5.78. The van der Waals surface area contributed by atoms with Crippen molar-refractivity contribution in [2.45, 2.75) is 0 Å². The van der Waals surface area contributed by atoms with Crippen molar-refractivity contribution in [1.29, 1.82) is 0 Å². The Balaban J connectivity index is 0.000000665. The number of sulfonamides is 2. The molecule has 399 valence electrons. The summed E-state index contributed by atoms with van der Waals surface area (Å²) in [6.07, 6.45) is 3.47. The largest absolute Gasteiger partial charge is 2.00 e. The first kappa shape index (κ1) is 74.2. The van der Waals surface area contributed by atoms with Gasteiger partial charge < -0.3 is 45.9 Å². The molecule has 0 atom stereocenters. The van der Waals surface area contributed by atoms with Crippen LogP contribution in [0.5, 0.6) is 0 Å². The van der Waals surface area contributed by atoms with Gasteiger partial charge in [0.2, 0.25) is 20.0 Å². The maximum Gasteiger partial charge on any atom is 2.00 e. The van der Waals surface area contributed by atoms with Gasteiger partial charge in [0, 0.05) is 76.2 Å². The van der Waals surface area contributed by atoms with Crippen molar-refractivity contribution >= 4 is 107 Å². The first-order valence-corrected chi connectivity index (χ1v) is 29.4. The molecule has 36 heteroatoms. The minimum atomic E-state index is -4.32. The third kappa shape index (κ3) is 24.5. The van der Waals surface area contributed by atoms with Crippen molar-refractivity contribution in [2.24, 2.45) is 0 Å². The van der Waals surface area contributed by atoms with Crippen molar-refractivity contribution in [1.82, 2.24) is 54.5 Å². The summed E-state index contributed by atoms with van der Waals surface area (Å²) in [5.74, 6) is 0.764. The van der Waals surface area contributed by atoms with Gasteiger partial charge in [-0.05, 0) is 21.5 Å². The average molecular weight is 1300 g/mol. The van der Waals surface area contributed by atoms with Crippen molar-refractivity contribution < 1.29 is 236 Å². The zero-order chi connectivity index (χ0) is 53.7. The van der Waals surface area contributed by atoms with Gasteiger partial charge in [-0.15, -0.1) is 12.6 Å². The number of hydrogen-bond donors (Lipinski definition) is 3. The number of nitrogens with one attached hydrogen (secondary N) is 2. The Kier molecular flexibility index (Phi) is 32.8. The monoisotopic (exact) mass is 1300 g/mol. The van der Waals surface area contributed by atoms with Crippen molar-refractivity contribution in [3.63, 3.8) is 0 Å². The van der Waals surface area contributed by atoms with Crippen LogP contribution in [0.25, 0.3) is 89.7 Å². The number of benzene rings is 4. The van der Waals surface area contributed by atoms with E-state index in [0.717, 1.165) is 68.4 Å². The second kappa shape index (κ2) is 34.1. The zero-order valence-corrected chi connectivity index (χ0v) is 56.6. The summed E-state index contributed by atoms with van der Waals surface area (Å²) in [6, 6.07) is 31.8. The topological polar surface area (TPSA) is 396 Å². The molecule has 1 radical (unpaired) electrons. The van der Waals surface area contributed by atoms with Gasteiger partial charge in [-0.25, -0.2) is 57.4 Å². The molecule has 8 bridgehead atoms. The normalized spacial score (nSPS) is 11.3. The van der Waals surface area contributed by atoms with Crippen LogP contribution in [-0.2, 0) is 72.2 Å². The second-order valence-corrected chi connectivity index (χ2v) is 22.1. The van der Waals surface area contributed by atoms with Crippen LogP contribution >= 0.6 is 12.0 Å². The third-order valence-electron chi connectivity index (χ3n) is 9.11. The van der Waals surface area contributed by atoms with E-state index in [9.17, 15) is 42.8 Å². The number of nitrogens with zero attached hydrogens (tertiary/aromatic N) is 9. The number of aromatic nitrogens is 8. The van der Waals surface area contributed by atoms with E-state index in [4.69, 9.17) is 57.7 Å². The van der Waals surface area contributed by atoms with Crippen LogP contribution in [0.2, 0.25) is 0 Å². The zero-order valence-electron chi connectivity index (χ0n) is 41.4.